The van der Waals surface area contributed by atoms with Crippen LogP contribution in [0.1, 0.15) is 11.1 Å². The highest BCUT2D eigenvalue weighted by atomic mass is 35.5. The lowest BCUT2D eigenvalue weighted by Gasteiger charge is -2.16. The zero-order valence-corrected chi connectivity index (χ0v) is 11.8. The zero-order chi connectivity index (χ0) is 17.4. The molecule has 124 valence electrons. The Labute approximate surface area is 131 Å². The molecule has 10 heteroatoms. The molecule has 1 aromatic carbocycles. The minimum Gasteiger partial charge on any atom is -0.382 e. The molecule has 0 atom stereocenters. The normalized spacial score (nSPS) is 12.3. The molecule has 0 spiro atoms. The summed E-state index contributed by atoms with van der Waals surface area (Å²) in [4.78, 5) is 3.34. The number of nitrogen functional groups attached to an aromatic ring is 1. The van der Waals surface area contributed by atoms with E-state index >= 15 is 0 Å². The van der Waals surface area contributed by atoms with E-state index in [1.165, 1.54) is 0 Å². The van der Waals surface area contributed by atoms with Gasteiger partial charge in [0.15, 0.2) is 0 Å². The monoisotopic (exact) mass is 355 g/mol. The van der Waals surface area contributed by atoms with E-state index < -0.39 is 34.9 Å². The van der Waals surface area contributed by atoms with Crippen LogP contribution in [-0.4, -0.2) is 4.98 Å². The number of aromatic nitrogens is 1. The molecule has 0 aliphatic heterocycles. The Morgan fingerprint density at radius 1 is 0.957 bits per heavy atom. The fourth-order valence-electron chi connectivity index (χ4n) is 1.74. The number of alkyl halides is 6. The van der Waals surface area contributed by atoms with Crippen molar-refractivity contribution in [1.29, 1.82) is 0 Å². The first-order valence-corrected chi connectivity index (χ1v) is 6.33. The van der Waals surface area contributed by atoms with E-state index in [-0.39, 0.29) is 10.8 Å². The van der Waals surface area contributed by atoms with E-state index in [0.29, 0.717) is 18.3 Å². The van der Waals surface area contributed by atoms with Crippen molar-refractivity contribution >= 4 is 28.8 Å². The highest BCUT2D eigenvalue weighted by Gasteiger charge is 2.35. The number of halogens is 7. The Morgan fingerprint density at radius 3 is 2.17 bits per heavy atom. The van der Waals surface area contributed by atoms with Gasteiger partial charge in [0.05, 0.1) is 22.5 Å². The number of rotatable bonds is 2. The number of nitrogens with zero attached hydrogens (tertiary/aromatic N) is 1. The van der Waals surface area contributed by atoms with Gasteiger partial charge in [-0.1, -0.05) is 11.6 Å². The van der Waals surface area contributed by atoms with Gasteiger partial charge in [0.2, 0.25) is 0 Å². The third-order valence-electron chi connectivity index (χ3n) is 2.80. The van der Waals surface area contributed by atoms with Crippen LogP contribution >= 0.6 is 11.6 Å². The quantitative estimate of drug-likeness (QED) is 0.737. The number of nitrogens with one attached hydrogen (secondary N) is 1. The van der Waals surface area contributed by atoms with Crippen LogP contribution in [0.2, 0.25) is 5.02 Å². The molecule has 23 heavy (non-hydrogen) atoms. The van der Waals surface area contributed by atoms with Gasteiger partial charge in [0.25, 0.3) is 0 Å². The largest absolute Gasteiger partial charge is 0.418 e. The Hall–Kier alpha value is -2.16. The standard InChI is InChI=1S/C13H8ClF6N3/c14-7-1-2-9(8(4-7)13(18,19)20)23-10-3-6(12(15,16)17)5-22-11(10)21/h1-5,23H,(H2,21,22). The highest BCUT2D eigenvalue weighted by molar-refractivity contribution is 6.30. The van der Waals surface area contributed by atoms with Crippen molar-refractivity contribution in [3.8, 4) is 0 Å². The maximum absolute atomic E-state index is 13.0. The van der Waals surface area contributed by atoms with Gasteiger partial charge in [-0.2, -0.15) is 26.3 Å². The first-order valence-electron chi connectivity index (χ1n) is 5.95. The molecule has 3 nitrogen and oxygen atoms in total. The maximum Gasteiger partial charge on any atom is 0.418 e. The predicted molar refractivity (Wildman–Crippen MR) is 73.4 cm³/mol. The van der Waals surface area contributed by atoms with Crippen LogP contribution in [0.25, 0.3) is 0 Å². The fraction of sp³-hybridized carbons (Fsp3) is 0.154. The van der Waals surface area contributed by atoms with Crippen molar-refractivity contribution in [2.75, 3.05) is 11.1 Å². The third kappa shape index (κ3) is 3.98. The molecule has 0 aliphatic carbocycles. The topological polar surface area (TPSA) is 50.9 Å². The van der Waals surface area contributed by atoms with Gasteiger partial charge in [0.1, 0.15) is 5.82 Å². The summed E-state index contributed by atoms with van der Waals surface area (Å²) in [6.07, 6.45) is -8.96. The molecule has 0 unspecified atom stereocenters. The van der Waals surface area contributed by atoms with Crippen LogP contribution in [0, 0.1) is 0 Å². The number of nitrogens with two attached hydrogens (primary N) is 1. The van der Waals surface area contributed by atoms with Crippen molar-refractivity contribution in [1.82, 2.24) is 4.98 Å². The highest BCUT2D eigenvalue weighted by Crippen LogP contribution is 2.39. The van der Waals surface area contributed by atoms with E-state index in [9.17, 15) is 26.3 Å². The molecule has 1 heterocycles. The summed E-state index contributed by atoms with van der Waals surface area (Å²) in [5.41, 5.74) is 2.26. The molecule has 0 saturated heterocycles. The first-order chi connectivity index (χ1) is 10.5. The molecule has 0 radical (unpaired) electrons. The Morgan fingerprint density at radius 2 is 1.61 bits per heavy atom. The van der Waals surface area contributed by atoms with Gasteiger partial charge in [-0.3, -0.25) is 0 Å². The van der Waals surface area contributed by atoms with Gasteiger partial charge >= 0.3 is 12.4 Å². The van der Waals surface area contributed by atoms with Crippen molar-refractivity contribution in [2.45, 2.75) is 12.4 Å². The minimum atomic E-state index is -4.75. The van der Waals surface area contributed by atoms with E-state index in [0.717, 1.165) is 12.1 Å². The summed E-state index contributed by atoms with van der Waals surface area (Å²) < 4.78 is 76.9. The average molecular weight is 356 g/mol. The summed E-state index contributed by atoms with van der Waals surface area (Å²) >= 11 is 5.53. The maximum atomic E-state index is 13.0. The summed E-state index contributed by atoms with van der Waals surface area (Å²) in [6, 6.07) is 3.39. The SMILES string of the molecule is Nc1ncc(C(F)(F)F)cc1Nc1ccc(Cl)cc1C(F)(F)F. The molecular formula is C13H8ClF6N3. The second-order valence-corrected chi connectivity index (χ2v) is 4.90. The summed E-state index contributed by atoms with van der Waals surface area (Å²) in [5, 5.41) is 2.05. The third-order valence-corrected chi connectivity index (χ3v) is 3.04. The zero-order valence-electron chi connectivity index (χ0n) is 11.1. The van der Waals surface area contributed by atoms with Crippen molar-refractivity contribution in [3.63, 3.8) is 0 Å². The van der Waals surface area contributed by atoms with Crippen molar-refractivity contribution in [2.24, 2.45) is 0 Å². The fourth-order valence-corrected chi connectivity index (χ4v) is 1.91. The summed E-state index contributed by atoms with van der Waals surface area (Å²) in [6.45, 7) is 0. The molecule has 0 aliphatic rings. The van der Waals surface area contributed by atoms with Gasteiger partial charge in [0, 0.05) is 11.2 Å². The first kappa shape index (κ1) is 17.2. The van der Waals surface area contributed by atoms with E-state index in [1.807, 2.05) is 0 Å². The summed E-state index contributed by atoms with van der Waals surface area (Å²) in [5.74, 6) is -0.374. The lowest BCUT2D eigenvalue weighted by atomic mass is 10.1. The van der Waals surface area contributed by atoms with Gasteiger partial charge in [-0.25, -0.2) is 4.98 Å². The second kappa shape index (κ2) is 5.80. The predicted octanol–water partition coefficient (Wildman–Crippen LogP) is 5.10. The molecule has 2 aromatic rings. The van der Waals surface area contributed by atoms with Crippen LogP contribution in [0.5, 0.6) is 0 Å². The van der Waals surface area contributed by atoms with Crippen LogP contribution in [0.4, 0.5) is 43.5 Å². The second-order valence-electron chi connectivity index (χ2n) is 4.47. The molecule has 0 saturated carbocycles. The Bertz CT molecular complexity index is 727. The molecule has 0 amide bonds. The summed E-state index contributed by atoms with van der Waals surface area (Å²) in [7, 11) is 0. The van der Waals surface area contributed by atoms with Crippen LogP contribution in [0.15, 0.2) is 30.5 Å². The van der Waals surface area contributed by atoms with Gasteiger partial charge in [-0.15, -0.1) is 0 Å². The van der Waals surface area contributed by atoms with E-state index in [1.54, 1.807) is 0 Å². The van der Waals surface area contributed by atoms with Crippen LogP contribution in [-0.2, 0) is 12.4 Å². The van der Waals surface area contributed by atoms with Crippen molar-refractivity contribution in [3.05, 3.63) is 46.6 Å². The Balaban J connectivity index is 2.48. The van der Waals surface area contributed by atoms with E-state index in [4.69, 9.17) is 17.3 Å². The molecule has 3 N–H and O–H groups in total. The molecule has 1 aromatic heterocycles. The number of anilines is 3. The lowest BCUT2D eigenvalue weighted by molar-refractivity contribution is -0.138. The minimum absolute atomic E-state index is 0.169. The van der Waals surface area contributed by atoms with Crippen LogP contribution < -0.4 is 11.1 Å². The molecular weight excluding hydrogens is 348 g/mol. The van der Waals surface area contributed by atoms with Crippen molar-refractivity contribution < 1.29 is 26.3 Å². The smallest absolute Gasteiger partial charge is 0.382 e. The van der Waals surface area contributed by atoms with Gasteiger partial charge in [-0.05, 0) is 24.3 Å². The number of hydrogen-bond donors (Lipinski definition) is 2. The Kier molecular flexibility index (Phi) is 4.34. The van der Waals surface area contributed by atoms with E-state index in [2.05, 4.69) is 10.3 Å². The molecule has 2 rings (SSSR count). The lowest BCUT2D eigenvalue weighted by Crippen LogP contribution is -2.11. The molecule has 0 bridgehead atoms. The number of benzene rings is 1. The van der Waals surface area contributed by atoms with Gasteiger partial charge < -0.3 is 11.1 Å². The number of hydrogen-bond acceptors (Lipinski definition) is 3. The molecule has 0 fully saturated rings. The number of pyridine rings is 1. The van der Waals surface area contributed by atoms with Crippen LogP contribution in [0.3, 0.4) is 0 Å². The average Bonchev–Trinajstić information content (AvgIpc) is 2.40.